The molecule has 0 radical (unpaired) electrons. The Balaban J connectivity index is 1.79. The molecule has 164 valence electrons. The van der Waals surface area contributed by atoms with Crippen molar-refractivity contribution in [1.29, 1.82) is 0 Å². The van der Waals surface area contributed by atoms with Gasteiger partial charge in [-0.1, -0.05) is 66.2 Å². The zero-order valence-corrected chi connectivity index (χ0v) is 19.3. The monoisotopic (exact) mass is 454 g/mol. The van der Waals surface area contributed by atoms with Gasteiger partial charge >= 0.3 is 0 Å². The van der Waals surface area contributed by atoms with Gasteiger partial charge in [0.2, 0.25) is 0 Å². The number of amidine groups is 1. The molecule has 0 aliphatic carbocycles. The van der Waals surface area contributed by atoms with Crippen molar-refractivity contribution in [3.05, 3.63) is 95.5 Å². The molecule has 0 saturated carbocycles. The minimum absolute atomic E-state index is 0.296. The van der Waals surface area contributed by atoms with Crippen molar-refractivity contribution >= 4 is 34.5 Å². The van der Waals surface area contributed by atoms with E-state index in [4.69, 9.17) is 26.3 Å². The maximum absolute atomic E-state index is 6.63. The van der Waals surface area contributed by atoms with Gasteiger partial charge in [-0.15, -0.1) is 6.58 Å². The SMILES string of the molecule is C=CCN1N=C(C)C2N=C(c3ccccc3Cl)c3cc(OC)c(-c4ccccc4)cc3N=C21. The summed E-state index contributed by atoms with van der Waals surface area (Å²) in [6.07, 6.45) is 1.82. The minimum Gasteiger partial charge on any atom is -0.496 e. The maximum atomic E-state index is 6.63. The standard InChI is InChI=1S/C27H23ClN4O/c1-4-14-32-27-25(17(2)31-32)30-26(19-12-8-9-13-22(19)28)21-16-24(33-3)20(15-23(21)29-27)18-10-6-5-7-11-18/h4-13,15-16,25H,1,14H2,2-3H3. The van der Waals surface area contributed by atoms with E-state index < -0.39 is 0 Å². The van der Waals surface area contributed by atoms with E-state index in [0.29, 0.717) is 11.6 Å². The zero-order valence-electron chi connectivity index (χ0n) is 18.5. The third-order valence-electron chi connectivity index (χ3n) is 5.77. The van der Waals surface area contributed by atoms with E-state index in [1.807, 2.05) is 66.5 Å². The lowest BCUT2D eigenvalue weighted by Crippen LogP contribution is -2.30. The van der Waals surface area contributed by atoms with Gasteiger partial charge in [-0.25, -0.2) is 10.0 Å². The molecule has 3 aromatic rings. The highest BCUT2D eigenvalue weighted by Crippen LogP contribution is 2.40. The Morgan fingerprint density at radius 3 is 2.52 bits per heavy atom. The van der Waals surface area contributed by atoms with Gasteiger partial charge < -0.3 is 4.74 Å². The zero-order chi connectivity index (χ0) is 22.9. The Hall–Kier alpha value is -3.70. The summed E-state index contributed by atoms with van der Waals surface area (Å²) in [6.45, 7) is 6.40. The summed E-state index contributed by atoms with van der Waals surface area (Å²) >= 11 is 6.63. The molecular weight excluding hydrogens is 432 g/mol. The number of aliphatic imine (C=N–C) groups is 2. The number of hydrogen-bond acceptors (Lipinski definition) is 5. The van der Waals surface area contributed by atoms with Crippen LogP contribution < -0.4 is 4.74 Å². The fourth-order valence-electron chi connectivity index (χ4n) is 4.20. The molecule has 0 fully saturated rings. The van der Waals surface area contributed by atoms with Crippen LogP contribution in [-0.4, -0.2) is 42.0 Å². The van der Waals surface area contributed by atoms with Gasteiger partial charge in [-0.2, -0.15) is 5.10 Å². The Morgan fingerprint density at radius 1 is 1.03 bits per heavy atom. The van der Waals surface area contributed by atoms with Gasteiger partial charge in [0.05, 0.1) is 30.8 Å². The van der Waals surface area contributed by atoms with Crippen LogP contribution in [0.15, 0.2) is 94.5 Å². The lowest BCUT2D eigenvalue weighted by atomic mass is 9.95. The third-order valence-corrected chi connectivity index (χ3v) is 6.09. The predicted molar refractivity (Wildman–Crippen MR) is 136 cm³/mol. The van der Waals surface area contributed by atoms with Crippen LogP contribution in [0.5, 0.6) is 5.75 Å². The summed E-state index contributed by atoms with van der Waals surface area (Å²) in [5.74, 6) is 1.53. The molecule has 0 aromatic heterocycles. The van der Waals surface area contributed by atoms with Crippen molar-refractivity contribution in [2.24, 2.45) is 15.1 Å². The molecule has 5 rings (SSSR count). The molecule has 0 bridgehead atoms. The van der Waals surface area contributed by atoms with E-state index in [1.165, 1.54) is 0 Å². The number of rotatable bonds is 5. The van der Waals surface area contributed by atoms with E-state index in [9.17, 15) is 0 Å². The summed E-state index contributed by atoms with van der Waals surface area (Å²) in [5, 5.41) is 7.18. The second-order valence-electron chi connectivity index (χ2n) is 7.88. The van der Waals surface area contributed by atoms with Gasteiger partial charge in [0.25, 0.3) is 0 Å². The number of halogens is 1. The van der Waals surface area contributed by atoms with Crippen molar-refractivity contribution in [1.82, 2.24) is 5.01 Å². The number of hydrazone groups is 1. The fourth-order valence-corrected chi connectivity index (χ4v) is 4.43. The fraction of sp³-hybridized carbons (Fsp3) is 0.148. The molecule has 5 nitrogen and oxygen atoms in total. The van der Waals surface area contributed by atoms with Crippen LogP contribution >= 0.6 is 11.6 Å². The molecule has 3 aromatic carbocycles. The van der Waals surface area contributed by atoms with Crippen LogP contribution in [-0.2, 0) is 0 Å². The van der Waals surface area contributed by atoms with Gasteiger partial charge in [-0.3, -0.25) is 4.99 Å². The molecule has 0 saturated heterocycles. The Bertz CT molecular complexity index is 1330. The molecule has 2 aliphatic heterocycles. The molecule has 0 amide bonds. The first-order chi connectivity index (χ1) is 16.1. The number of benzene rings is 3. The second-order valence-corrected chi connectivity index (χ2v) is 8.29. The second kappa shape index (κ2) is 8.68. The van der Waals surface area contributed by atoms with Crippen LogP contribution in [0.2, 0.25) is 5.02 Å². The van der Waals surface area contributed by atoms with Crippen molar-refractivity contribution in [3.63, 3.8) is 0 Å². The first kappa shape index (κ1) is 21.2. The molecule has 6 heteroatoms. The van der Waals surface area contributed by atoms with Crippen LogP contribution in [0.25, 0.3) is 11.1 Å². The maximum Gasteiger partial charge on any atom is 0.156 e. The summed E-state index contributed by atoms with van der Waals surface area (Å²) < 4.78 is 5.81. The largest absolute Gasteiger partial charge is 0.496 e. The first-order valence-electron chi connectivity index (χ1n) is 10.7. The molecule has 2 aliphatic rings. The molecule has 1 atom stereocenters. The molecule has 0 N–H and O–H groups in total. The average Bonchev–Trinajstić information content (AvgIpc) is 3.01. The highest BCUT2D eigenvalue weighted by molar-refractivity contribution is 6.36. The normalized spacial score (nSPS) is 16.8. The van der Waals surface area contributed by atoms with E-state index in [2.05, 4.69) is 29.9 Å². The Morgan fingerprint density at radius 2 is 1.79 bits per heavy atom. The van der Waals surface area contributed by atoms with E-state index in [-0.39, 0.29) is 6.04 Å². The van der Waals surface area contributed by atoms with Crippen molar-refractivity contribution in [3.8, 4) is 16.9 Å². The van der Waals surface area contributed by atoms with Gasteiger partial charge in [0.15, 0.2) is 5.84 Å². The lowest BCUT2D eigenvalue weighted by molar-refractivity contribution is 0.416. The van der Waals surface area contributed by atoms with Crippen molar-refractivity contribution in [2.75, 3.05) is 13.7 Å². The van der Waals surface area contributed by atoms with E-state index in [1.54, 1.807) is 7.11 Å². The molecular formula is C27H23ClN4O. The topological polar surface area (TPSA) is 49.5 Å². The number of fused-ring (bicyclic) bond motifs is 2. The number of hydrogen-bond donors (Lipinski definition) is 0. The van der Waals surface area contributed by atoms with Crippen LogP contribution in [0, 0.1) is 0 Å². The number of nitrogens with zero attached hydrogens (tertiary/aromatic N) is 4. The third kappa shape index (κ3) is 3.74. The summed E-state index contributed by atoms with van der Waals surface area (Å²) in [6, 6.07) is 21.7. The molecule has 1 unspecified atom stereocenters. The molecule has 2 heterocycles. The lowest BCUT2D eigenvalue weighted by Gasteiger charge is -2.16. The van der Waals surface area contributed by atoms with E-state index in [0.717, 1.165) is 50.9 Å². The first-order valence-corrected chi connectivity index (χ1v) is 11.1. The quantitative estimate of drug-likeness (QED) is 0.434. The number of ether oxygens (including phenoxy) is 1. The minimum atomic E-state index is -0.296. The average molecular weight is 455 g/mol. The molecule has 33 heavy (non-hydrogen) atoms. The van der Waals surface area contributed by atoms with Crippen molar-refractivity contribution in [2.45, 2.75) is 13.0 Å². The van der Waals surface area contributed by atoms with Crippen LogP contribution in [0.1, 0.15) is 18.1 Å². The Kier molecular flexibility index (Phi) is 5.56. The highest BCUT2D eigenvalue weighted by Gasteiger charge is 2.34. The summed E-state index contributed by atoms with van der Waals surface area (Å²) in [4.78, 5) is 10.2. The van der Waals surface area contributed by atoms with Gasteiger partial charge in [-0.05, 0) is 30.7 Å². The summed E-state index contributed by atoms with van der Waals surface area (Å²) in [5.41, 5.74) is 6.18. The van der Waals surface area contributed by atoms with Crippen LogP contribution in [0.4, 0.5) is 5.69 Å². The summed E-state index contributed by atoms with van der Waals surface area (Å²) in [7, 11) is 1.68. The highest BCUT2D eigenvalue weighted by atomic mass is 35.5. The van der Waals surface area contributed by atoms with Gasteiger partial charge in [0, 0.05) is 21.7 Å². The van der Waals surface area contributed by atoms with Crippen molar-refractivity contribution < 1.29 is 4.74 Å². The predicted octanol–water partition coefficient (Wildman–Crippen LogP) is 6.14. The number of methoxy groups -OCH3 is 1. The van der Waals surface area contributed by atoms with Crippen LogP contribution in [0.3, 0.4) is 0 Å². The molecule has 0 spiro atoms. The van der Waals surface area contributed by atoms with Gasteiger partial charge in [0.1, 0.15) is 11.8 Å². The van der Waals surface area contributed by atoms with E-state index >= 15 is 0 Å². The smallest absolute Gasteiger partial charge is 0.156 e. The Labute approximate surface area is 198 Å².